The molecule has 1 aromatic heterocycles. The fourth-order valence-electron chi connectivity index (χ4n) is 2.32. The number of benzene rings is 1. The van der Waals surface area contributed by atoms with Crippen molar-refractivity contribution in [3.05, 3.63) is 48.7 Å². The third-order valence-electron chi connectivity index (χ3n) is 3.27. The molecule has 1 heterocycles. The molecule has 0 aliphatic carbocycles. The Morgan fingerprint density at radius 3 is 2.87 bits per heavy atom. The molecule has 23 heavy (non-hydrogen) atoms. The number of nitrogen functional groups attached to an aromatic ring is 1. The van der Waals surface area contributed by atoms with Crippen molar-refractivity contribution < 1.29 is 18.7 Å². The number of halogens is 2. The van der Waals surface area contributed by atoms with Gasteiger partial charge in [0.2, 0.25) is 0 Å². The van der Waals surface area contributed by atoms with Crippen LogP contribution < -0.4 is 11.1 Å². The van der Waals surface area contributed by atoms with Crippen LogP contribution in [0.25, 0.3) is 11.3 Å². The van der Waals surface area contributed by atoms with Gasteiger partial charge in [0.25, 0.3) is 0 Å². The van der Waals surface area contributed by atoms with Crippen LogP contribution in [0.4, 0.5) is 19.3 Å². The lowest BCUT2D eigenvalue weighted by Gasteiger charge is -2.17. The molecule has 1 amide bonds. The van der Waals surface area contributed by atoms with E-state index in [1.54, 1.807) is 30.3 Å². The number of carbonyl (C=O) groups is 1. The Balaban J connectivity index is 2.45. The molecule has 0 aliphatic rings. The van der Waals surface area contributed by atoms with Crippen LogP contribution in [0.2, 0.25) is 0 Å². The van der Waals surface area contributed by atoms with E-state index in [0.717, 1.165) is 6.20 Å². The molecule has 0 unspecified atom stereocenters. The number of hydrogen-bond acceptors (Lipinski definition) is 3. The Hall–Kier alpha value is -2.90. The zero-order chi connectivity index (χ0) is 17.0. The second-order valence-corrected chi connectivity index (χ2v) is 4.82. The molecule has 6 nitrogen and oxygen atoms in total. The number of alkyl halides is 2. The van der Waals surface area contributed by atoms with Gasteiger partial charge in [-0.3, -0.25) is 0 Å². The lowest BCUT2D eigenvalue weighted by atomic mass is 10.00. The van der Waals surface area contributed by atoms with Crippen LogP contribution in [0.3, 0.4) is 0 Å². The summed E-state index contributed by atoms with van der Waals surface area (Å²) >= 11 is 0. The summed E-state index contributed by atoms with van der Waals surface area (Å²) in [6.45, 7) is 0.764. The molecule has 2 aromatic rings. The van der Waals surface area contributed by atoms with Crippen molar-refractivity contribution in [3.8, 4) is 11.3 Å². The third-order valence-corrected chi connectivity index (χ3v) is 3.27. The molecule has 0 saturated carbocycles. The largest absolute Gasteiger partial charge is 0.465 e. The summed E-state index contributed by atoms with van der Waals surface area (Å²) in [5.41, 5.74) is 6.99. The van der Waals surface area contributed by atoms with Gasteiger partial charge in [0, 0.05) is 5.56 Å². The van der Waals surface area contributed by atoms with Crippen LogP contribution in [0.5, 0.6) is 0 Å². The van der Waals surface area contributed by atoms with Crippen LogP contribution in [0, 0.1) is 0 Å². The first-order valence-electron chi connectivity index (χ1n) is 6.75. The summed E-state index contributed by atoms with van der Waals surface area (Å²) < 4.78 is 26.6. The predicted molar refractivity (Wildman–Crippen MR) is 82.0 cm³/mol. The smallest absolute Gasteiger partial charge is 0.405 e. The van der Waals surface area contributed by atoms with Crippen LogP contribution in [0.15, 0.2) is 43.1 Å². The second-order valence-electron chi connectivity index (χ2n) is 4.82. The summed E-state index contributed by atoms with van der Waals surface area (Å²) in [5.74, 6) is 0. The Labute approximate surface area is 131 Å². The van der Waals surface area contributed by atoms with Crippen molar-refractivity contribution in [2.45, 2.75) is 19.0 Å². The molecular formula is C15H16F2N4O2. The van der Waals surface area contributed by atoms with Gasteiger partial charge in [-0.15, -0.1) is 6.58 Å². The number of nitrogens with zero attached hydrogens (tertiary/aromatic N) is 2. The molecule has 8 heteroatoms. The number of rotatable bonds is 6. The van der Waals surface area contributed by atoms with Gasteiger partial charge in [-0.25, -0.2) is 9.48 Å². The van der Waals surface area contributed by atoms with E-state index in [2.05, 4.69) is 17.0 Å². The lowest BCUT2D eigenvalue weighted by molar-refractivity contribution is 0.0585. The average molecular weight is 322 g/mol. The van der Waals surface area contributed by atoms with Crippen molar-refractivity contribution in [1.29, 1.82) is 0 Å². The molecule has 4 N–H and O–H groups in total. The minimum Gasteiger partial charge on any atom is -0.465 e. The van der Waals surface area contributed by atoms with Gasteiger partial charge in [-0.1, -0.05) is 24.3 Å². The summed E-state index contributed by atoms with van der Waals surface area (Å²) in [6, 6.07) is 6.03. The van der Waals surface area contributed by atoms with Gasteiger partial charge >= 0.3 is 12.6 Å². The Morgan fingerprint density at radius 2 is 2.26 bits per heavy atom. The summed E-state index contributed by atoms with van der Waals surface area (Å²) in [4.78, 5) is 10.9. The normalized spacial score (nSPS) is 12.1. The summed E-state index contributed by atoms with van der Waals surface area (Å²) in [6.07, 6.45) is 1.91. The second kappa shape index (κ2) is 6.91. The molecule has 0 fully saturated rings. The van der Waals surface area contributed by atoms with Crippen molar-refractivity contribution in [1.82, 2.24) is 15.1 Å². The molecule has 0 spiro atoms. The van der Waals surface area contributed by atoms with E-state index in [1.165, 1.54) is 0 Å². The minimum absolute atomic E-state index is 0.0922. The Morgan fingerprint density at radius 1 is 1.52 bits per heavy atom. The van der Waals surface area contributed by atoms with Crippen molar-refractivity contribution in [2.24, 2.45) is 0 Å². The molecule has 1 aromatic carbocycles. The maximum atomic E-state index is 13.0. The van der Waals surface area contributed by atoms with Crippen LogP contribution >= 0.6 is 0 Å². The molecule has 0 radical (unpaired) electrons. The van der Waals surface area contributed by atoms with Crippen molar-refractivity contribution in [2.75, 3.05) is 5.73 Å². The van der Waals surface area contributed by atoms with Gasteiger partial charge in [0.1, 0.15) is 0 Å². The summed E-state index contributed by atoms with van der Waals surface area (Å²) in [7, 11) is 0. The van der Waals surface area contributed by atoms with E-state index in [0.29, 0.717) is 22.2 Å². The van der Waals surface area contributed by atoms with Gasteiger partial charge in [-0.05, 0) is 18.1 Å². The zero-order valence-corrected chi connectivity index (χ0v) is 12.1. The fourth-order valence-corrected chi connectivity index (χ4v) is 2.32. The standard InChI is InChI=1S/C15H16F2N4O2/c1-2-4-12(20-15(22)23)9-5-3-6-10(7-9)13-11(18)8-19-21(13)14(16)17/h2-3,5-8,12,14,20H,1,4,18H2,(H,22,23)/t12-/m0/s1. The van der Waals surface area contributed by atoms with Crippen molar-refractivity contribution in [3.63, 3.8) is 0 Å². The molecule has 0 bridgehead atoms. The predicted octanol–water partition coefficient (Wildman–Crippen LogP) is 3.41. The first-order chi connectivity index (χ1) is 10.9. The van der Waals surface area contributed by atoms with E-state index in [9.17, 15) is 13.6 Å². The van der Waals surface area contributed by atoms with E-state index < -0.39 is 18.7 Å². The number of aromatic nitrogens is 2. The number of nitrogens with two attached hydrogens (primary N) is 1. The minimum atomic E-state index is -2.83. The molecule has 122 valence electrons. The Bertz CT molecular complexity index is 715. The van der Waals surface area contributed by atoms with Gasteiger partial charge in [0.15, 0.2) is 0 Å². The zero-order valence-electron chi connectivity index (χ0n) is 12.1. The van der Waals surface area contributed by atoms with Gasteiger partial charge in [0.05, 0.1) is 23.6 Å². The summed E-state index contributed by atoms with van der Waals surface area (Å²) in [5, 5.41) is 14.8. The molecule has 0 aliphatic heterocycles. The topological polar surface area (TPSA) is 93.2 Å². The highest BCUT2D eigenvalue weighted by Gasteiger charge is 2.19. The fraction of sp³-hybridized carbons (Fsp3) is 0.200. The highest BCUT2D eigenvalue weighted by Crippen LogP contribution is 2.31. The number of amides is 1. The van der Waals surface area contributed by atoms with Gasteiger partial charge < -0.3 is 16.2 Å². The van der Waals surface area contributed by atoms with E-state index in [1.807, 2.05) is 0 Å². The maximum absolute atomic E-state index is 13.0. The third kappa shape index (κ3) is 3.65. The van der Waals surface area contributed by atoms with E-state index >= 15 is 0 Å². The molecule has 0 saturated heterocycles. The highest BCUT2D eigenvalue weighted by atomic mass is 19.3. The number of nitrogens with one attached hydrogen (secondary N) is 1. The molecular weight excluding hydrogens is 306 g/mol. The van der Waals surface area contributed by atoms with Crippen molar-refractivity contribution >= 4 is 11.8 Å². The van der Waals surface area contributed by atoms with Crippen LogP contribution in [0.1, 0.15) is 24.6 Å². The van der Waals surface area contributed by atoms with E-state index in [4.69, 9.17) is 10.8 Å². The maximum Gasteiger partial charge on any atom is 0.405 e. The Kier molecular flexibility index (Phi) is 4.95. The highest BCUT2D eigenvalue weighted by molar-refractivity contribution is 5.73. The quantitative estimate of drug-likeness (QED) is 0.710. The number of carboxylic acid groups (broad SMARTS) is 1. The first kappa shape index (κ1) is 16.5. The molecule has 2 rings (SSSR count). The first-order valence-corrected chi connectivity index (χ1v) is 6.75. The average Bonchev–Trinajstić information content (AvgIpc) is 2.88. The van der Waals surface area contributed by atoms with Gasteiger partial charge in [-0.2, -0.15) is 13.9 Å². The molecule has 1 atom stereocenters. The number of hydrogen-bond donors (Lipinski definition) is 3. The SMILES string of the molecule is C=CC[C@H](NC(=O)O)c1cccc(-c2c(N)cnn2C(F)F)c1. The number of anilines is 1. The lowest BCUT2D eigenvalue weighted by Crippen LogP contribution is -2.26. The monoisotopic (exact) mass is 322 g/mol. The van der Waals surface area contributed by atoms with Crippen LogP contribution in [-0.2, 0) is 0 Å². The van der Waals surface area contributed by atoms with Crippen LogP contribution in [-0.4, -0.2) is 21.0 Å². The van der Waals surface area contributed by atoms with E-state index in [-0.39, 0.29) is 11.4 Å².